The lowest BCUT2D eigenvalue weighted by Gasteiger charge is -2.22. The van der Waals surface area contributed by atoms with Crippen molar-refractivity contribution >= 4 is 5.78 Å². The molecule has 11 heavy (non-hydrogen) atoms. The largest absolute Gasteiger partial charge is 0.299 e. The molecule has 1 heteroatoms. The molecule has 2 rings (SSSR count). The highest BCUT2D eigenvalue weighted by molar-refractivity contribution is 5.83. The maximum absolute atomic E-state index is 11.3. The van der Waals surface area contributed by atoms with Crippen LogP contribution < -0.4 is 0 Å². The van der Waals surface area contributed by atoms with Crippen molar-refractivity contribution in [2.45, 2.75) is 32.6 Å². The van der Waals surface area contributed by atoms with Crippen LogP contribution in [0.15, 0.2) is 11.6 Å². The van der Waals surface area contributed by atoms with Crippen LogP contribution in [0.2, 0.25) is 0 Å². The first kappa shape index (κ1) is 7.08. The van der Waals surface area contributed by atoms with Gasteiger partial charge in [-0.05, 0) is 32.1 Å². The smallest absolute Gasteiger partial charge is 0.136 e. The van der Waals surface area contributed by atoms with Gasteiger partial charge in [0.2, 0.25) is 0 Å². The third kappa shape index (κ3) is 1.13. The van der Waals surface area contributed by atoms with Gasteiger partial charge >= 0.3 is 0 Å². The molecule has 1 nitrogen and oxygen atoms in total. The fourth-order valence-corrected chi connectivity index (χ4v) is 2.37. The molecule has 0 amide bonds. The van der Waals surface area contributed by atoms with Crippen LogP contribution in [0.1, 0.15) is 32.6 Å². The number of carbonyl (C=O) groups is 1. The molecule has 0 N–H and O–H groups in total. The summed E-state index contributed by atoms with van der Waals surface area (Å²) in [6.45, 7) is 2.18. The maximum atomic E-state index is 11.3. The zero-order valence-corrected chi connectivity index (χ0v) is 6.97. The Morgan fingerprint density at radius 2 is 2.36 bits per heavy atom. The number of ketones is 1. The topological polar surface area (TPSA) is 17.1 Å². The predicted octanol–water partition coefficient (Wildman–Crippen LogP) is 2.32. The SMILES string of the molecule is CC1=CC[C@H]2C(=O)CC[C@@H]2C1. The molecule has 0 aromatic rings. The molecule has 2 atom stereocenters. The van der Waals surface area contributed by atoms with Gasteiger partial charge < -0.3 is 0 Å². The molecular weight excluding hydrogens is 136 g/mol. The maximum Gasteiger partial charge on any atom is 0.136 e. The van der Waals surface area contributed by atoms with Gasteiger partial charge in [-0.1, -0.05) is 11.6 Å². The first-order valence-corrected chi connectivity index (χ1v) is 4.45. The van der Waals surface area contributed by atoms with Crippen molar-refractivity contribution in [3.05, 3.63) is 11.6 Å². The van der Waals surface area contributed by atoms with Crippen molar-refractivity contribution in [2.24, 2.45) is 11.8 Å². The van der Waals surface area contributed by atoms with Crippen molar-refractivity contribution in [1.82, 2.24) is 0 Å². The first-order valence-electron chi connectivity index (χ1n) is 4.45. The molecule has 2 aliphatic rings. The fourth-order valence-electron chi connectivity index (χ4n) is 2.37. The Kier molecular flexibility index (Phi) is 1.59. The number of fused-ring (bicyclic) bond motifs is 1. The van der Waals surface area contributed by atoms with E-state index in [1.807, 2.05) is 0 Å². The molecule has 60 valence electrons. The Balaban J connectivity index is 2.17. The average molecular weight is 150 g/mol. The standard InChI is InChI=1S/C10H14O/c1-7-2-4-9-8(6-7)3-5-10(9)11/h2,8-9H,3-6H2,1H3/t8-,9-/m1/s1. The molecule has 0 aliphatic heterocycles. The first-order chi connectivity index (χ1) is 5.27. The van der Waals surface area contributed by atoms with Crippen LogP contribution in [0.25, 0.3) is 0 Å². The summed E-state index contributed by atoms with van der Waals surface area (Å²) in [5.74, 6) is 1.62. The van der Waals surface area contributed by atoms with Gasteiger partial charge in [0.15, 0.2) is 0 Å². The van der Waals surface area contributed by atoms with Gasteiger partial charge in [-0.15, -0.1) is 0 Å². The second kappa shape index (κ2) is 2.47. The van der Waals surface area contributed by atoms with Crippen LogP contribution in [0.4, 0.5) is 0 Å². The summed E-state index contributed by atoms with van der Waals surface area (Å²) in [4.78, 5) is 11.3. The number of Topliss-reactive ketones (excluding diaryl/α,β-unsaturated/α-hetero) is 1. The zero-order chi connectivity index (χ0) is 7.84. The van der Waals surface area contributed by atoms with E-state index in [0.29, 0.717) is 17.6 Å². The molecule has 0 spiro atoms. The van der Waals surface area contributed by atoms with Crippen LogP contribution in [0.5, 0.6) is 0 Å². The van der Waals surface area contributed by atoms with E-state index < -0.39 is 0 Å². The Morgan fingerprint density at radius 3 is 3.18 bits per heavy atom. The van der Waals surface area contributed by atoms with Gasteiger partial charge in [0, 0.05) is 12.3 Å². The Bertz CT molecular complexity index is 215. The highest BCUT2D eigenvalue weighted by Gasteiger charge is 2.35. The van der Waals surface area contributed by atoms with E-state index >= 15 is 0 Å². The van der Waals surface area contributed by atoms with Crippen LogP contribution in [-0.4, -0.2) is 5.78 Å². The van der Waals surface area contributed by atoms with Crippen LogP contribution >= 0.6 is 0 Å². The van der Waals surface area contributed by atoms with Crippen molar-refractivity contribution in [3.63, 3.8) is 0 Å². The molecular formula is C10H14O. The summed E-state index contributed by atoms with van der Waals surface area (Å²) in [5.41, 5.74) is 1.49. The average Bonchev–Trinajstić information content (AvgIpc) is 2.32. The fraction of sp³-hybridized carbons (Fsp3) is 0.700. The van der Waals surface area contributed by atoms with E-state index in [0.717, 1.165) is 19.3 Å². The lowest BCUT2D eigenvalue weighted by molar-refractivity contribution is -0.121. The highest BCUT2D eigenvalue weighted by atomic mass is 16.1. The van der Waals surface area contributed by atoms with E-state index in [1.54, 1.807) is 0 Å². The van der Waals surface area contributed by atoms with Crippen LogP contribution in [0.3, 0.4) is 0 Å². The van der Waals surface area contributed by atoms with E-state index in [-0.39, 0.29) is 0 Å². The summed E-state index contributed by atoms with van der Waals surface area (Å²) in [5, 5.41) is 0. The molecule has 1 fully saturated rings. The molecule has 0 radical (unpaired) electrons. The molecule has 0 aromatic carbocycles. The minimum absolute atomic E-state index is 0.402. The number of hydrogen-bond donors (Lipinski definition) is 0. The minimum atomic E-state index is 0.402. The highest BCUT2D eigenvalue weighted by Crippen LogP contribution is 2.39. The third-order valence-electron chi connectivity index (χ3n) is 3.05. The molecule has 0 saturated heterocycles. The third-order valence-corrected chi connectivity index (χ3v) is 3.05. The summed E-state index contributed by atoms with van der Waals surface area (Å²) in [6.07, 6.45) is 6.43. The van der Waals surface area contributed by atoms with Crippen molar-refractivity contribution in [1.29, 1.82) is 0 Å². The van der Waals surface area contributed by atoms with Crippen LogP contribution in [-0.2, 0) is 4.79 Å². The normalized spacial score (nSPS) is 36.8. The van der Waals surface area contributed by atoms with Gasteiger partial charge in [0.1, 0.15) is 5.78 Å². The molecule has 1 saturated carbocycles. The van der Waals surface area contributed by atoms with E-state index in [9.17, 15) is 4.79 Å². The van der Waals surface area contributed by atoms with Gasteiger partial charge in [-0.3, -0.25) is 4.79 Å². The molecule has 0 unspecified atom stereocenters. The van der Waals surface area contributed by atoms with E-state index in [1.165, 1.54) is 12.0 Å². The minimum Gasteiger partial charge on any atom is -0.299 e. The number of allylic oxidation sites excluding steroid dienone is 2. The number of rotatable bonds is 0. The molecule has 0 heterocycles. The van der Waals surface area contributed by atoms with E-state index in [2.05, 4.69) is 13.0 Å². The summed E-state index contributed by atoms with van der Waals surface area (Å²) in [6, 6.07) is 0. The van der Waals surface area contributed by atoms with Gasteiger partial charge in [-0.2, -0.15) is 0 Å². The second-order valence-corrected chi connectivity index (χ2v) is 3.86. The Labute approximate surface area is 67.5 Å². The van der Waals surface area contributed by atoms with Crippen molar-refractivity contribution < 1.29 is 4.79 Å². The number of carbonyl (C=O) groups excluding carboxylic acids is 1. The predicted molar refractivity (Wildman–Crippen MR) is 44.2 cm³/mol. The summed E-state index contributed by atoms with van der Waals surface area (Å²) in [7, 11) is 0. The Hall–Kier alpha value is -0.590. The number of hydrogen-bond acceptors (Lipinski definition) is 1. The lowest BCUT2D eigenvalue weighted by Crippen LogP contribution is -2.17. The summed E-state index contributed by atoms with van der Waals surface area (Å²) < 4.78 is 0. The second-order valence-electron chi connectivity index (χ2n) is 3.86. The van der Waals surface area contributed by atoms with Gasteiger partial charge in [0.05, 0.1) is 0 Å². The van der Waals surface area contributed by atoms with Gasteiger partial charge in [-0.25, -0.2) is 0 Å². The van der Waals surface area contributed by atoms with E-state index in [4.69, 9.17) is 0 Å². The quantitative estimate of drug-likeness (QED) is 0.484. The molecule has 0 bridgehead atoms. The monoisotopic (exact) mass is 150 g/mol. The van der Waals surface area contributed by atoms with Crippen LogP contribution in [0, 0.1) is 11.8 Å². The molecule has 2 aliphatic carbocycles. The Morgan fingerprint density at radius 1 is 1.55 bits per heavy atom. The molecule has 0 aromatic heterocycles. The summed E-state index contributed by atoms with van der Waals surface area (Å²) >= 11 is 0. The van der Waals surface area contributed by atoms with Crippen molar-refractivity contribution in [3.8, 4) is 0 Å². The lowest BCUT2D eigenvalue weighted by atomic mass is 9.82. The van der Waals surface area contributed by atoms with Crippen molar-refractivity contribution in [2.75, 3.05) is 0 Å². The van der Waals surface area contributed by atoms with Gasteiger partial charge in [0.25, 0.3) is 0 Å². The zero-order valence-electron chi connectivity index (χ0n) is 6.97.